The molecule has 1 N–H and O–H groups in total. The summed E-state index contributed by atoms with van der Waals surface area (Å²) in [7, 11) is 0. The number of amides is 1. The normalized spacial score (nSPS) is 17.2. The van der Waals surface area contributed by atoms with E-state index in [0.29, 0.717) is 16.8 Å². The largest absolute Gasteiger partial charge is 0.507 e. The molecule has 0 aliphatic carbocycles. The molecule has 1 saturated heterocycles. The van der Waals surface area contributed by atoms with Gasteiger partial charge in [-0.3, -0.25) is 14.6 Å². The van der Waals surface area contributed by atoms with Crippen molar-refractivity contribution in [3.63, 3.8) is 0 Å². The topological polar surface area (TPSA) is 88.3 Å². The Morgan fingerprint density at radius 2 is 1.74 bits per heavy atom. The molecule has 8 heteroatoms. The molecule has 0 spiro atoms. The van der Waals surface area contributed by atoms with Crippen LogP contribution in [-0.2, 0) is 16.1 Å². The first-order chi connectivity index (χ1) is 17.0. The quantitative estimate of drug-likeness (QED) is 0.268. The van der Waals surface area contributed by atoms with Gasteiger partial charge in [-0.2, -0.15) is 5.10 Å². The van der Waals surface area contributed by atoms with Gasteiger partial charge in [0.1, 0.15) is 11.6 Å². The number of rotatable bonds is 5. The minimum absolute atomic E-state index is 0.0683. The highest BCUT2D eigenvalue weighted by molar-refractivity contribution is 6.46. The zero-order valence-corrected chi connectivity index (χ0v) is 18.8. The fourth-order valence-electron chi connectivity index (χ4n) is 4.34. The number of halogens is 1. The second kappa shape index (κ2) is 8.98. The Balaban J connectivity index is 1.64. The van der Waals surface area contributed by atoms with E-state index in [1.54, 1.807) is 36.1 Å². The average Bonchev–Trinajstić information content (AvgIpc) is 3.38. The summed E-state index contributed by atoms with van der Waals surface area (Å²) in [5.41, 5.74) is 2.88. The third-order valence-corrected chi connectivity index (χ3v) is 6.07. The Bertz CT molecular complexity index is 1430. The number of Topliss-reactive ketones (excluding diaryl/α,β-unsaturated/α-hetero) is 1. The van der Waals surface area contributed by atoms with Gasteiger partial charge in [0.05, 0.1) is 34.8 Å². The maximum atomic E-state index is 13.7. The zero-order chi connectivity index (χ0) is 24.5. The highest BCUT2D eigenvalue weighted by Gasteiger charge is 2.46. The van der Waals surface area contributed by atoms with E-state index in [1.165, 1.54) is 35.4 Å². The first-order valence-electron chi connectivity index (χ1n) is 11.0. The molecule has 1 amide bonds. The number of carbonyl (C=O) groups is 2. The monoisotopic (exact) mass is 468 g/mol. The van der Waals surface area contributed by atoms with Gasteiger partial charge in [-0.15, -0.1) is 0 Å². The van der Waals surface area contributed by atoms with Crippen molar-refractivity contribution >= 4 is 17.4 Å². The summed E-state index contributed by atoms with van der Waals surface area (Å²) in [6, 6.07) is 17.5. The number of ketones is 1. The smallest absolute Gasteiger partial charge is 0.295 e. The van der Waals surface area contributed by atoms with Crippen LogP contribution in [0.25, 0.3) is 11.4 Å². The molecule has 4 aromatic rings. The molecule has 0 saturated carbocycles. The fraction of sp³-hybridized carbons (Fsp3) is 0.111. The van der Waals surface area contributed by atoms with E-state index in [-0.39, 0.29) is 17.9 Å². The molecule has 5 rings (SSSR count). The highest BCUT2D eigenvalue weighted by Crippen LogP contribution is 2.40. The summed E-state index contributed by atoms with van der Waals surface area (Å²) in [4.78, 5) is 31.8. The number of pyridine rings is 1. The number of likely N-dealkylation sites (tertiary alicyclic amines) is 1. The maximum absolute atomic E-state index is 13.7. The summed E-state index contributed by atoms with van der Waals surface area (Å²) in [6.07, 6.45) is 4.69. The Labute approximate surface area is 200 Å². The summed E-state index contributed by atoms with van der Waals surface area (Å²) < 4.78 is 15.3. The molecule has 1 fully saturated rings. The number of aliphatic hydroxyl groups is 1. The van der Waals surface area contributed by atoms with E-state index < -0.39 is 23.5 Å². The van der Waals surface area contributed by atoms with Crippen molar-refractivity contribution in [2.24, 2.45) is 0 Å². The molecular formula is C27H21FN4O3. The molecule has 3 heterocycles. The van der Waals surface area contributed by atoms with Crippen molar-refractivity contribution in [2.75, 3.05) is 0 Å². The minimum atomic E-state index is -0.907. The standard InChI is InChI=1S/C27H21FN4O3/c1-17-22(15-30-32(17)21-7-3-2-4-8-21)25(33)23-24(19-9-11-20(28)12-10-19)31(27(35)26(23)34)16-18-6-5-13-29-14-18/h2-15,24,33H,16H2,1H3/b25-23-. The minimum Gasteiger partial charge on any atom is -0.507 e. The van der Waals surface area contributed by atoms with Crippen LogP contribution < -0.4 is 0 Å². The Morgan fingerprint density at radius 3 is 2.43 bits per heavy atom. The van der Waals surface area contributed by atoms with Gasteiger partial charge < -0.3 is 10.0 Å². The molecule has 0 radical (unpaired) electrons. The van der Waals surface area contributed by atoms with Crippen LogP contribution in [0, 0.1) is 12.7 Å². The van der Waals surface area contributed by atoms with Gasteiger partial charge in [0.25, 0.3) is 11.7 Å². The van der Waals surface area contributed by atoms with Gasteiger partial charge >= 0.3 is 0 Å². The SMILES string of the molecule is Cc1c(/C(O)=C2/C(=O)C(=O)N(Cc3cccnc3)C2c2ccc(F)cc2)cnn1-c1ccccc1. The van der Waals surface area contributed by atoms with Gasteiger partial charge in [-0.25, -0.2) is 9.07 Å². The lowest BCUT2D eigenvalue weighted by molar-refractivity contribution is -0.140. The Kier molecular flexibility index (Phi) is 5.70. The van der Waals surface area contributed by atoms with E-state index in [1.807, 2.05) is 30.3 Å². The summed E-state index contributed by atoms with van der Waals surface area (Å²) in [6.45, 7) is 1.87. The van der Waals surface area contributed by atoms with Gasteiger partial charge in [0.15, 0.2) is 0 Å². The van der Waals surface area contributed by atoms with Crippen molar-refractivity contribution in [3.8, 4) is 5.69 Å². The van der Waals surface area contributed by atoms with Crippen LogP contribution in [0.2, 0.25) is 0 Å². The molecule has 2 aromatic heterocycles. The Hall–Kier alpha value is -4.59. The average molecular weight is 468 g/mol. The number of para-hydroxylation sites is 1. The molecule has 1 atom stereocenters. The number of nitrogens with zero attached hydrogens (tertiary/aromatic N) is 4. The second-order valence-corrected chi connectivity index (χ2v) is 8.23. The maximum Gasteiger partial charge on any atom is 0.295 e. The number of aromatic nitrogens is 3. The van der Waals surface area contributed by atoms with Crippen LogP contribution in [0.15, 0.2) is 90.9 Å². The summed E-state index contributed by atoms with van der Waals surface area (Å²) in [5, 5.41) is 15.7. The number of benzene rings is 2. The molecule has 2 aromatic carbocycles. The predicted molar refractivity (Wildman–Crippen MR) is 127 cm³/mol. The second-order valence-electron chi connectivity index (χ2n) is 8.23. The third kappa shape index (κ3) is 3.99. The van der Waals surface area contributed by atoms with E-state index in [2.05, 4.69) is 10.1 Å². The molecule has 35 heavy (non-hydrogen) atoms. The van der Waals surface area contributed by atoms with E-state index in [0.717, 1.165) is 11.3 Å². The predicted octanol–water partition coefficient (Wildman–Crippen LogP) is 4.34. The fourth-order valence-corrected chi connectivity index (χ4v) is 4.34. The van der Waals surface area contributed by atoms with Crippen molar-refractivity contribution in [1.29, 1.82) is 0 Å². The van der Waals surface area contributed by atoms with Gasteiger partial charge in [0.2, 0.25) is 0 Å². The summed E-state index contributed by atoms with van der Waals surface area (Å²) >= 11 is 0. The van der Waals surface area contributed by atoms with Gasteiger partial charge in [-0.1, -0.05) is 36.4 Å². The molecular weight excluding hydrogens is 447 g/mol. The van der Waals surface area contributed by atoms with Crippen LogP contribution in [0.1, 0.15) is 28.4 Å². The molecule has 1 aliphatic rings. The number of hydrogen-bond acceptors (Lipinski definition) is 5. The first kappa shape index (κ1) is 22.2. The molecule has 174 valence electrons. The number of aliphatic hydroxyl groups excluding tert-OH is 1. The van der Waals surface area contributed by atoms with Crippen molar-refractivity contribution in [3.05, 3.63) is 119 Å². The molecule has 7 nitrogen and oxygen atoms in total. The van der Waals surface area contributed by atoms with Crippen molar-refractivity contribution in [1.82, 2.24) is 19.7 Å². The molecule has 1 aliphatic heterocycles. The lowest BCUT2D eigenvalue weighted by Gasteiger charge is -2.25. The Morgan fingerprint density at radius 1 is 1.00 bits per heavy atom. The third-order valence-electron chi connectivity index (χ3n) is 6.07. The van der Waals surface area contributed by atoms with Crippen molar-refractivity contribution in [2.45, 2.75) is 19.5 Å². The lowest BCUT2D eigenvalue weighted by Crippen LogP contribution is -2.29. The molecule has 1 unspecified atom stereocenters. The van der Waals surface area contributed by atoms with Gasteiger partial charge in [-0.05, 0) is 48.4 Å². The molecule has 0 bridgehead atoms. The summed E-state index contributed by atoms with van der Waals surface area (Å²) in [5.74, 6) is -2.34. The van der Waals surface area contributed by atoms with Crippen LogP contribution >= 0.6 is 0 Å². The van der Waals surface area contributed by atoms with Gasteiger partial charge in [0, 0.05) is 18.9 Å². The van der Waals surface area contributed by atoms with Crippen LogP contribution in [0.3, 0.4) is 0 Å². The first-order valence-corrected chi connectivity index (χ1v) is 11.0. The highest BCUT2D eigenvalue weighted by atomic mass is 19.1. The van der Waals surface area contributed by atoms with E-state index in [4.69, 9.17) is 0 Å². The number of hydrogen-bond donors (Lipinski definition) is 1. The van der Waals surface area contributed by atoms with E-state index in [9.17, 15) is 19.1 Å². The van der Waals surface area contributed by atoms with Crippen LogP contribution in [0.5, 0.6) is 0 Å². The van der Waals surface area contributed by atoms with E-state index >= 15 is 0 Å². The zero-order valence-electron chi connectivity index (χ0n) is 18.8. The van der Waals surface area contributed by atoms with Crippen LogP contribution in [-0.4, -0.2) is 36.5 Å². The number of carbonyl (C=O) groups excluding carboxylic acids is 2. The lowest BCUT2D eigenvalue weighted by atomic mass is 9.95. The van der Waals surface area contributed by atoms with Crippen molar-refractivity contribution < 1.29 is 19.1 Å². The van der Waals surface area contributed by atoms with Crippen LogP contribution in [0.4, 0.5) is 4.39 Å².